The Kier molecular flexibility index (Phi) is 5.62. The Bertz CT molecular complexity index is 822. The fourth-order valence-corrected chi connectivity index (χ4v) is 2.22. The van der Waals surface area contributed by atoms with Gasteiger partial charge in [0, 0.05) is 25.2 Å². The lowest BCUT2D eigenvalue weighted by Crippen LogP contribution is -2.18. The molecule has 4 N–H and O–H groups in total. The zero-order valence-electron chi connectivity index (χ0n) is 13.5. The molecule has 0 saturated heterocycles. The summed E-state index contributed by atoms with van der Waals surface area (Å²) in [5.74, 6) is -0.802. The van der Waals surface area contributed by atoms with Gasteiger partial charge >= 0.3 is 0 Å². The Hall–Kier alpha value is -3.49. The zero-order chi connectivity index (χ0) is 18.4. The van der Waals surface area contributed by atoms with E-state index in [-0.39, 0.29) is 23.0 Å². The number of rotatable bonds is 7. The van der Waals surface area contributed by atoms with Gasteiger partial charge in [-0.3, -0.25) is 19.7 Å². The van der Waals surface area contributed by atoms with Gasteiger partial charge in [0.2, 0.25) is 0 Å². The van der Waals surface area contributed by atoms with Gasteiger partial charge in [0.25, 0.3) is 17.5 Å². The summed E-state index contributed by atoms with van der Waals surface area (Å²) in [5.41, 5.74) is 6.35. The van der Waals surface area contributed by atoms with Crippen LogP contribution in [0.1, 0.15) is 26.3 Å². The van der Waals surface area contributed by atoms with Gasteiger partial charge in [-0.2, -0.15) is 0 Å². The average molecular weight is 343 g/mol. The first-order valence-electron chi connectivity index (χ1n) is 7.41. The summed E-state index contributed by atoms with van der Waals surface area (Å²) in [7, 11) is 1.56. The van der Waals surface area contributed by atoms with Crippen molar-refractivity contribution in [2.24, 2.45) is 5.73 Å². The van der Waals surface area contributed by atoms with Crippen LogP contribution in [0.4, 0.5) is 11.5 Å². The third-order valence-corrected chi connectivity index (χ3v) is 3.47. The fraction of sp³-hybridized carbons (Fsp3) is 0.188. The minimum Gasteiger partial charge on any atom is -0.369 e. The number of primary amides is 1. The van der Waals surface area contributed by atoms with E-state index in [1.807, 2.05) is 6.07 Å². The van der Waals surface area contributed by atoms with E-state index in [2.05, 4.69) is 15.6 Å². The van der Waals surface area contributed by atoms with E-state index >= 15 is 0 Å². The van der Waals surface area contributed by atoms with Crippen molar-refractivity contribution in [3.63, 3.8) is 0 Å². The quantitative estimate of drug-likeness (QED) is 0.508. The van der Waals surface area contributed by atoms with E-state index in [4.69, 9.17) is 5.73 Å². The summed E-state index contributed by atoms with van der Waals surface area (Å²) in [5, 5.41) is 16.2. The molecule has 130 valence electrons. The van der Waals surface area contributed by atoms with Crippen molar-refractivity contribution in [1.82, 2.24) is 10.3 Å². The highest BCUT2D eigenvalue weighted by molar-refractivity contribution is 5.98. The van der Waals surface area contributed by atoms with Crippen molar-refractivity contribution in [3.8, 4) is 0 Å². The summed E-state index contributed by atoms with van der Waals surface area (Å²) in [6.07, 6.45) is 1.61. The number of hydrogen-bond donors (Lipinski definition) is 3. The van der Waals surface area contributed by atoms with Gasteiger partial charge in [0.05, 0.1) is 10.5 Å². The second kappa shape index (κ2) is 7.86. The van der Waals surface area contributed by atoms with Crippen LogP contribution in [-0.4, -0.2) is 35.3 Å². The number of carbonyl (C=O) groups excluding carboxylic acids is 2. The number of pyridine rings is 1. The number of nitrogens with two attached hydrogens (primary N) is 1. The molecule has 0 radical (unpaired) electrons. The lowest BCUT2D eigenvalue weighted by atomic mass is 10.1. The van der Waals surface area contributed by atoms with Crippen LogP contribution in [0.25, 0.3) is 0 Å². The minimum atomic E-state index is -0.805. The van der Waals surface area contributed by atoms with Gasteiger partial charge in [-0.1, -0.05) is 12.1 Å². The Balaban J connectivity index is 2.08. The third kappa shape index (κ3) is 4.50. The molecular formula is C16H17N5O4. The summed E-state index contributed by atoms with van der Waals surface area (Å²) in [6.45, 7) is 0.405. The standard InChI is InChI=1S/C16H17N5O4/c1-18-16(23)11-4-2-3-10(7-11)5-6-19-15-13(14(17)22)8-12(9-20-15)21(24)25/h2-4,7-9H,5-6H2,1H3,(H2,17,22)(H,18,23)(H,19,20). The van der Waals surface area contributed by atoms with Crippen molar-refractivity contribution >= 4 is 23.3 Å². The molecule has 0 atom stereocenters. The molecule has 2 rings (SSSR count). The number of nitro groups is 1. The highest BCUT2D eigenvalue weighted by Crippen LogP contribution is 2.18. The highest BCUT2D eigenvalue weighted by Gasteiger charge is 2.16. The Labute approximate surface area is 143 Å². The molecule has 0 aliphatic rings. The van der Waals surface area contributed by atoms with E-state index < -0.39 is 10.8 Å². The van der Waals surface area contributed by atoms with Gasteiger partial charge < -0.3 is 16.4 Å². The number of benzene rings is 1. The molecule has 9 heteroatoms. The number of aromatic nitrogens is 1. The lowest BCUT2D eigenvalue weighted by molar-refractivity contribution is -0.385. The van der Waals surface area contributed by atoms with Crippen molar-refractivity contribution < 1.29 is 14.5 Å². The summed E-state index contributed by atoms with van der Waals surface area (Å²) >= 11 is 0. The van der Waals surface area contributed by atoms with Crippen molar-refractivity contribution in [1.29, 1.82) is 0 Å². The second-order valence-corrected chi connectivity index (χ2v) is 5.17. The zero-order valence-corrected chi connectivity index (χ0v) is 13.5. The second-order valence-electron chi connectivity index (χ2n) is 5.17. The molecule has 0 unspecified atom stereocenters. The SMILES string of the molecule is CNC(=O)c1cccc(CCNc2ncc([N+](=O)[O-])cc2C(N)=O)c1. The Morgan fingerprint density at radius 2 is 2.08 bits per heavy atom. The molecule has 2 aromatic rings. The maximum Gasteiger partial charge on any atom is 0.288 e. The molecular weight excluding hydrogens is 326 g/mol. The average Bonchev–Trinajstić information content (AvgIpc) is 2.61. The normalized spacial score (nSPS) is 10.1. The largest absolute Gasteiger partial charge is 0.369 e. The van der Waals surface area contributed by atoms with Crippen LogP contribution in [-0.2, 0) is 6.42 Å². The molecule has 0 fully saturated rings. The first-order chi connectivity index (χ1) is 11.9. The molecule has 0 aliphatic heterocycles. The van der Waals surface area contributed by atoms with E-state index in [1.165, 1.54) is 0 Å². The first-order valence-corrected chi connectivity index (χ1v) is 7.41. The molecule has 1 aromatic heterocycles. The molecule has 2 amide bonds. The number of amides is 2. The summed E-state index contributed by atoms with van der Waals surface area (Å²) in [6, 6.07) is 8.20. The topological polar surface area (TPSA) is 140 Å². The predicted molar refractivity (Wildman–Crippen MR) is 91.4 cm³/mol. The number of anilines is 1. The molecule has 25 heavy (non-hydrogen) atoms. The van der Waals surface area contributed by atoms with Crippen molar-refractivity contribution in [2.75, 3.05) is 18.9 Å². The van der Waals surface area contributed by atoms with E-state index in [0.29, 0.717) is 18.5 Å². The van der Waals surface area contributed by atoms with Crippen molar-refractivity contribution in [2.45, 2.75) is 6.42 Å². The lowest BCUT2D eigenvalue weighted by Gasteiger charge is -2.09. The van der Waals surface area contributed by atoms with Gasteiger partial charge in [-0.15, -0.1) is 0 Å². The maximum atomic E-state index is 11.6. The molecule has 1 aromatic carbocycles. The van der Waals surface area contributed by atoms with Gasteiger partial charge in [-0.25, -0.2) is 4.98 Å². The number of nitrogens with one attached hydrogen (secondary N) is 2. The molecule has 0 saturated carbocycles. The van der Waals surface area contributed by atoms with Crippen LogP contribution in [0.3, 0.4) is 0 Å². The first kappa shape index (κ1) is 17.9. The van der Waals surface area contributed by atoms with Crippen LogP contribution in [0, 0.1) is 10.1 Å². The van der Waals surface area contributed by atoms with Crippen LogP contribution >= 0.6 is 0 Å². The Morgan fingerprint density at radius 1 is 1.32 bits per heavy atom. The number of carbonyl (C=O) groups is 2. The van der Waals surface area contributed by atoms with Crippen LogP contribution < -0.4 is 16.4 Å². The molecule has 0 aliphatic carbocycles. The summed E-state index contributed by atoms with van der Waals surface area (Å²) < 4.78 is 0. The fourth-order valence-electron chi connectivity index (χ4n) is 2.22. The van der Waals surface area contributed by atoms with Gasteiger partial charge in [0.15, 0.2) is 0 Å². The monoisotopic (exact) mass is 343 g/mol. The Morgan fingerprint density at radius 3 is 2.72 bits per heavy atom. The summed E-state index contributed by atoms with van der Waals surface area (Å²) in [4.78, 5) is 37.1. The molecule has 1 heterocycles. The molecule has 0 spiro atoms. The van der Waals surface area contributed by atoms with Crippen molar-refractivity contribution in [3.05, 3.63) is 63.3 Å². The van der Waals surface area contributed by atoms with Crippen LogP contribution in [0.2, 0.25) is 0 Å². The maximum absolute atomic E-state index is 11.6. The van der Waals surface area contributed by atoms with E-state index in [1.54, 1.807) is 25.2 Å². The molecule has 9 nitrogen and oxygen atoms in total. The highest BCUT2D eigenvalue weighted by atomic mass is 16.6. The number of nitrogens with zero attached hydrogens (tertiary/aromatic N) is 2. The smallest absolute Gasteiger partial charge is 0.288 e. The van der Waals surface area contributed by atoms with E-state index in [9.17, 15) is 19.7 Å². The van der Waals surface area contributed by atoms with Gasteiger partial charge in [0.1, 0.15) is 12.0 Å². The minimum absolute atomic E-state index is 0.0479. The van der Waals surface area contributed by atoms with Gasteiger partial charge in [-0.05, 0) is 24.1 Å². The number of hydrogen-bond acceptors (Lipinski definition) is 6. The third-order valence-electron chi connectivity index (χ3n) is 3.47. The van der Waals surface area contributed by atoms with Crippen LogP contribution in [0.15, 0.2) is 36.5 Å². The predicted octanol–water partition coefficient (Wildman–Crippen LogP) is 1.10. The molecule has 0 bridgehead atoms. The van der Waals surface area contributed by atoms with E-state index in [0.717, 1.165) is 17.8 Å². The van der Waals surface area contributed by atoms with Crippen LogP contribution in [0.5, 0.6) is 0 Å².